The van der Waals surface area contributed by atoms with E-state index in [9.17, 15) is 4.79 Å². The first-order valence-electron chi connectivity index (χ1n) is 7.86. The molecule has 0 radical (unpaired) electrons. The highest BCUT2D eigenvalue weighted by Gasteiger charge is 2.21. The molecule has 0 fully saturated rings. The molecule has 0 spiro atoms. The Bertz CT molecular complexity index is 898. The Hall–Kier alpha value is -3.06. The van der Waals surface area contributed by atoms with E-state index in [2.05, 4.69) is 36.2 Å². The Morgan fingerprint density at radius 2 is 1.58 bits per heavy atom. The van der Waals surface area contributed by atoms with Crippen molar-refractivity contribution in [1.82, 2.24) is 9.97 Å². The van der Waals surface area contributed by atoms with Gasteiger partial charge in [-0.25, -0.2) is 9.97 Å². The van der Waals surface area contributed by atoms with Crippen LogP contribution in [0.25, 0.3) is 0 Å². The van der Waals surface area contributed by atoms with Gasteiger partial charge in [0.15, 0.2) is 0 Å². The summed E-state index contributed by atoms with van der Waals surface area (Å²) in [5.41, 5.74) is 7.42. The minimum absolute atomic E-state index is 0.162. The number of hydrogen-bond donors (Lipinski definition) is 2. The van der Waals surface area contributed by atoms with E-state index in [0.29, 0.717) is 11.5 Å². The Labute approximate surface area is 159 Å². The zero-order valence-electron chi connectivity index (χ0n) is 13.7. The number of aromatic nitrogens is 2. The number of halogens is 1. The number of aliphatic imine (C=N–C) groups is 1. The first kappa shape index (κ1) is 17.8. The Morgan fingerprint density at radius 3 is 2.19 bits per heavy atom. The lowest BCUT2D eigenvalue weighted by atomic mass is 10.1. The standard InChI is InChI=1S/C19H16BrN5O/c20-15-11-22-19(23-12-15)24-16(13-7-3-1-4-8-13)18(26)25-17(21)14-9-5-2-6-10-14/h1-12,16H,(H2,21,25,26)(H,22,23,24). The van der Waals surface area contributed by atoms with Crippen LogP contribution in [0.15, 0.2) is 82.5 Å². The Balaban J connectivity index is 1.90. The lowest BCUT2D eigenvalue weighted by molar-refractivity contribution is -0.118. The number of nitrogens with one attached hydrogen (secondary N) is 1. The number of amides is 1. The van der Waals surface area contributed by atoms with E-state index < -0.39 is 11.9 Å². The summed E-state index contributed by atoms with van der Waals surface area (Å²) in [7, 11) is 0. The monoisotopic (exact) mass is 409 g/mol. The molecule has 0 aliphatic rings. The molecule has 1 unspecified atom stereocenters. The molecule has 0 saturated carbocycles. The molecule has 1 amide bonds. The lowest BCUT2D eigenvalue weighted by Crippen LogP contribution is -2.24. The number of nitrogens with zero attached hydrogens (tertiary/aromatic N) is 3. The number of amidine groups is 1. The van der Waals surface area contributed by atoms with Gasteiger partial charge in [0.05, 0.1) is 4.47 Å². The number of anilines is 1. The predicted octanol–water partition coefficient (Wildman–Crippen LogP) is 3.32. The number of hydrogen-bond acceptors (Lipinski definition) is 4. The molecule has 7 heteroatoms. The molecule has 6 nitrogen and oxygen atoms in total. The van der Waals surface area contributed by atoms with E-state index >= 15 is 0 Å². The molecule has 3 N–H and O–H groups in total. The quantitative estimate of drug-likeness (QED) is 0.497. The molecule has 3 aromatic rings. The van der Waals surface area contributed by atoms with Gasteiger partial charge in [0.25, 0.3) is 5.91 Å². The maximum absolute atomic E-state index is 12.8. The minimum atomic E-state index is -0.750. The van der Waals surface area contributed by atoms with Gasteiger partial charge in [-0.1, -0.05) is 60.7 Å². The predicted molar refractivity (Wildman–Crippen MR) is 105 cm³/mol. The van der Waals surface area contributed by atoms with Crippen molar-refractivity contribution in [2.45, 2.75) is 6.04 Å². The molecule has 2 aromatic carbocycles. The van der Waals surface area contributed by atoms with Gasteiger partial charge >= 0.3 is 0 Å². The van der Waals surface area contributed by atoms with Gasteiger partial charge in [0, 0.05) is 18.0 Å². The second-order valence-corrected chi connectivity index (χ2v) is 6.33. The summed E-state index contributed by atoms with van der Waals surface area (Å²) < 4.78 is 0.747. The topological polar surface area (TPSA) is 93.3 Å². The van der Waals surface area contributed by atoms with Gasteiger partial charge in [0.2, 0.25) is 5.95 Å². The van der Waals surface area contributed by atoms with Gasteiger partial charge in [-0.05, 0) is 21.5 Å². The van der Waals surface area contributed by atoms with E-state index in [1.165, 1.54) is 0 Å². The zero-order valence-corrected chi connectivity index (χ0v) is 15.3. The van der Waals surface area contributed by atoms with Crippen molar-refractivity contribution < 1.29 is 4.79 Å². The minimum Gasteiger partial charge on any atom is -0.383 e. The molecule has 3 rings (SSSR count). The smallest absolute Gasteiger partial charge is 0.274 e. The van der Waals surface area contributed by atoms with Crippen LogP contribution < -0.4 is 11.1 Å². The molecule has 0 saturated heterocycles. The SMILES string of the molecule is NC(=NC(=O)C(Nc1ncc(Br)cn1)c1ccccc1)c1ccccc1. The molecule has 26 heavy (non-hydrogen) atoms. The fraction of sp³-hybridized carbons (Fsp3) is 0.0526. The molecule has 0 aliphatic carbocycles. The summed E-state index contributed by atoms with van der Waals surface area (Å²) >= 11 is 3.29. The second kappa shape index (κ2) is 8.35. The third-order valence-corrected chi connectivity index (χ3v) is 3.98. The third kappa shape index (κ3) is 4.52. The molecule has 1 atom stereocenters. The second-order valence-electron chi connectivity index (χ2n) is 5.41. The first-order chi connectivity index (χ1) is 12.6. The lowest BCUT2D eigenvalue weighted by Gasteiger charge is -2.16. The molecule has 1 aromatic heterocycles. The number of nitrogens with two attached hydrogens (primary N) is 1. The van der Waals surface area contributed by atoms with Crippen LogP contribution in [0.1, 0.15) is 17.2 Å². The first-order valence-corrected chi connectivity index (χ1v) is 8.65. The van der Waals surface area contributed by atoms with E-state index in [0.717, 1.165) is 10.0 Å². The van der Waals surface area contributed by atoms with E-state index in [1.807, 2.05) is 48.5 Å². The average Bonchev–Trinajstić information content (AvgIpc) is 2.68. The molecule has 130 valence electrons. The number of carbonyl (C=O) groups is 1. The fourth-order valence-corrected chi connectivity index (χ4v) is 2.51. The zero-order chi connectivity index (χ0) is 18.4. The van der Waals surface area contributed by atoms with Crippen molar-refractivity contribution in [3.8, 4) is 0 Å². The van der Waals surface area contributed by atoms with Crippen LogP contribution in [-0.2, 0) is 4.79 Å². The normalized spacial score (nSPS) is 12.4. The summed E-state index contributed by atoms with van der Waals surface area (Å²) in [6.45, 7) is 0. The Kier molecular flexibility index (Phi) is 5.70. The molecular weight excluding hydrogens is 394 g/mol. The van der Waals surface area contributed by atoms with Crippen molar-refractivity contribution in [1.29, 1.82) is 0 Å². The summed E-state index contributed by atoms with van der Waals surface area (Å²) in [4.78, 5) is 25.2. The largest absolute Gasteiger partial charge is 0.383 e. The summed E-state index contributed by atoms with van der Waals surface area (Å²) in [5.74, 6) is 0.0583. The average molecular weight is 410 g/mol. The maximum Gasteiger partial charge on any atom is 0.274 e. The van der Waals surface area contributed by atoms with Crippen LogP contribution in [0.3, 0.4) is 0 Å². The number of benzene rings is 2. The van der Waals surface area contributed by atoms with Gasteiger partial charge < -0.3 is 11.1 Å². The summed E-state index contributed by atoms with van der Waals surface area (Å²) in [6.07, 6.45) is 3.20. The van der Waals surface area contributed by atoms with E-state index in [1.54, 1.807) is 24.5 Å². The van der Waals surface area contributed by atoms with Crippen molar-refractivity contribution in [2.24, 2.45) is 10.7 Å². The van der Waals surface area contributed by atoms with Gasteiger partial charge in [-0.2, -0.15) is 4.99 Å². The highest BCUT2D eigenvalue weighted by atomic mass is 79.9. The molecule has 0 bridgehead atoms. The van der Waals surface area contributed by atoms with Crippen molar-refractivity contribution in [2.75, 3.05) is 5.32 Å². The van der Waals surface area contributed by atoms with Crippen LogP contribution in [0.5, 0.6) is 0 Å². The maximum atomic E-state index is 12.8. The highest BCUT2D eigenvalue weighted by molar-refractivity contribution is 9.10. The summed E-state index contributed by atoms with van der Waals surface area (Å²) in [5, 5.41) is 3.02. The molecule has 0 aliphatic heterocycles. The Morgan fingerprint density at radius 1 is 1.00 bits per heavy atom. The van der Waals surface area contributed by atoms with Gasteiger partial charge in [-0.15, -0.1) is 0 Å². The van der Waals surface area contributed by atoms with Crippen LogP contribution in [0, 0.1) is 0 Å². The fourth-order valence-electron chi connectivity index (χ4n) is 2.31. The van der Waals surface area contributed by atoms with Crippen LogP contribution in [0.4, 0.5) is 5.95 Å². The van der Waals surface area contributed by atoms with Crippen LogP contribution >= 0.6 is 15.9 Å². The van der Waals surface area contributed by atoms with Crippen LogP contribution in [-0.4, -0.2) is 21.7 Å². The van der Waals surface area contributed by atoms with Crippen LogP contribution in [0.2, 0.25) is 0 Å². The molecular formula is C19H16BrN5O. The van der Waals surface area contributed by atoms with E-state index in [-0.39, 0.29) is 5.84 Å². The number of carbonyl (C=O) groups excluding carboxylic acids is 1. The summed E-state index contributed by atoms with van der Waals surface area (Å²) in [6, 6.07) is 17.7. The number of rotatable bonds is 5. The highest BCUT2D eigenvalue weighted by Crippen LogP contribution is 2.19. The van der Waals surface area contributed by atoms with Gasteiger partial charge in [-0.3, -0.25) is 4.79 Å². The third-order valence-electron chi connectivity index (χ3n) is 3.57. The van der Waals surface area contributed by atoms with Gasteiger partial charge in [0.1, 0.15) is 11.9 Å². The van der Waals surface area contributed by atoms with Crippen molar-refractivity contribution >= 4 is 33.6 Å². The van der Waals surface area contributed by atoms with Crippen molar-refractivity contribution in [3.05, 3.63) is 88.7 Å². The van der Waals surface area contributed by atoms with E-state index in [4.69, 9.17) is 5.73 Å². The molecule has 1 heterocycles. The van der Waals surface area contributed by atoms with Crippen molar-refractivity contribution in [3.63, 3.8) is 0 Å².